The number of sulfone groups is 1. The van der Waals surface area contributed by atoms with Gasteiger partial charge in [-0.25, -0.2) is 13.4 Å². The smallest absolute Gasteiger partial charge is 0.266 e. The van der Waals surface area contributed by atoms with E-state index in [-0.39, 0.29) is 23.5 Å². The molecule has 1 atom stereocenters. The molecule has 0 N–H and O–H groups in total. The average molecular weight is 418 g/mol. The molecule has 6 nitrogen and oxygen atoms in total. The van der Waals surface area contributed by atoms with Crippen LogP contribution in [0.25, 0.3) is 15.9 Å². The molecule has 0 bridgehead atoms. The summed E-state index contributed by atoms with van der Waals surface area (Å²) in [5, 5.41) is 0.977. The van der Waals surface area contributed by atoms with Gasteiger partial charge < -0.3 is 9.47 Å². The van der Waals surface area contributed by atoms with E-state index in [1.165, 1.54) is 11.3 Å². The van der Waals surface area contributed by atoms with Crippen molar-refractivity contribution in [2.24, 2.45) is 0 Å². The highest BCUT2D eigenvalue weighted by Gasteiger charge is 2.36. The van der Waals surface area contributed by atoms with Crippen molar-refractivity contribution in [3.05, 3.63) is 46.7 Å². The molecule has 28 heavy (non-hydrogen) atoms. The molecule has 3 aromatic heterocycles. The first-order valence-corrected chi connectivity index (χ1v) is 12.0. The van der Waals surface area contributed by atoms with Crippen molar-refractivity contribution in [2.75, 3.05) is 18.1 Å². The maximum Gasteiger partial charge on any atom is 0.266 e. The lowest BCUT2D eigenvalue weighted by Crippen LogP contribution is -2.41. The molecule has 0 unspecified atom stereocenters. The van der Waals surface area contributed by atoms with Gasteiger partial charge in [0, 0.05) is 36.1 Å². The van der Waals surface area contributed by atoms with Crippen molar-refractivity contribution >= 4 is 37.3 Å². The van der Waals surface area contributed by atoms with Gasteiger partial charge in [-0.1, -0.05) is 0 Å². The predicted molar refractivity (Wildman–Crippen MR) is 112 cm³/mol. The van der Waals surface area contributed by atoms with E-state index in [2.05, 4.69) is 4.98 Å². The molecule has 0 saturated carbocycles. The molecule has 0 aromatic carbocycles. The van der Waals surface area contributed by atoms with Crippen LogP contribution in [0, 0.1) is 13.8 Å². The van der Waals surface area contributed by atoms with E-state index in [0.29, 0.717) is 17.8 Å². The Morgan fingerprint density at radius 2 is 2.04 bits per heavy atom. The third kappa shape index (κ3) is 3.24. The van der Waals surface area contributed by atoms with Gasteiger partial charge in [0.2, 0.25) is 0 Å². The van der Waals surface area contributed by atoms with Crippen LogP contribution in [0.1, 0.15) is 34.3 Å². The van der Waals surface area contributed by atoms with Gasteiger partial charge >= 0.3 is 0 Å². The van der Waals surface area contributed by atoms with Crippen LogP contribution in [0.5, 0.6) is 0 Å². The maximum absolute atomic E-state index is 13.6. The van der Waals surface area contributed by atoms with Crippen molar-refractivity contribution in [1.82, 2.24) is 14.5 Å². The number of carbonyl (C=O) groups excluding carboxylic acids is 1. The molecule has 1 aliphatic rings. The summed E-state index contributed by atoms with van der Waals surface area (Å²) in [7, 11) is -3.06. The third-order valence-corrected chi connectivity index (χ3v) is 8.08. The molecule has 0 spiro atoms. The van der Waals surface area contributed by atoms with E-state index in [0.717, 1.165) is 27.2 Å². The summed E-state index contributed by atoms with van der Waals surface area (Å²) < 4.78 is 25.8. The largest absolute Gasteiger partial charge is 0.334 e. The fourth-order valence-corrected chi connectivity index (χ4v) is 7.00. The standard InChI is InChI=1S/C20H23N3O3S2/c1-4-23(15-7-10-28(25,26)12-15)20(24)18-17(22-8-5-6-9-22)16-13(2)11-14(3)21-19(16)27-18/h5-6,8-9,11,15H,4,7,10,12H2,1-3H3/t15-/m0/s1. The van der Waals surface area contributed by atoms with E-state index in [1.54, 1.807) is 4.90 Å². The number of aryl methyl sites for hydroxylation is 2. The monoisotopic (exact) mass is 417 g/mol. The number of hydrogen-bond donors (Lipinski definition) is 0. The van der Waals surface area contributed by atoms with Gasteiger partial charge in [-0.3, -0.25) is 4.79 Å². The number of pyridine rings is 1. The van der Waals surface area contributed by atoms with E-state index in [1.807, 2.05) is 55.9 Å². The van der Waals surface area contributed by atoms with E-state index >= 15 is 0 Å². The van der Waals surface area contributed by atoms with E-state index < -0.39 is 9.84 Å². The Morgan fingerprint density at radius 3 is 2.64 bits per heavy atom. The van der Waals surface area contributed by atoms with E-state index in [4.69, 9.17) is 0 Å². The second-order valence-electron chi connectivity index (χ2n) is 7.28. The lowest BCUT2D eigenvalue weighted by molar-refractivity contribution is 0.0713. The van der Waals surface area contributed by atoms with Crippen LogP contribution in [0.3, 0.4) is 0 Å². The highest BCUT2D eigenvalue weighted by Crippen LogP contribution is 2.37. The molecule has 3 aromatic rings. The SMILES string of the molecule is CCN(C(=O)c1sc2nc(C)cc(C)c2c1-n1cccc1)[C@H]1CCS(=O)(=O)C1. The van der Waals surface area contributed by atoms with Gasteiger partial charge in [-0.05, 0) is 51.0 Å². The topological polar surface area (TPSA) is 72.3 Å². The lowest BCUT2D eigenvalue weighted by atomic mass is 10.1. The number of amides is 1. The van der Waals surface area contributed by atoms with Crippen LogP contribution in [-0.2, 0) is 9.84 Å². The van der Waals surface area contributed by atoms with Crippen molar-refractivity contribution < 1.29 is 13.2 Å². The maximum atomic E-state index is 13.6. The van der Waals surface area contributed by atoms with E-state index in [9.17, 15) is 13.2 Å². The summed E-state index contributed by atoms with van der Waals surface area (Å²) in [5.74, 6) is 0.0820. The molecular formula is C20H23N3O3S2. The fourth-order valence-electron chi connectivity index (χ4n) is 4.02. The predicted octanol–water partition coefficient (Wildman–Crippen LogP) is 3.35. The first-order valence-electron chi connectivity index (χ1n) is 9.36. The lowest BCUT2D eigenvalue weighted by Gasteiger charge is -2.26. The minimum Gasteiger partial charge on any atom is -0.334 e. The molecular weight excluding hydrogens is 394 g/mol. The quantitative estimate of drug-likeness (QED) is 0.653. The van der Waals surface area contributed by atoms with Gasteiger partial charge in [0.15, 0.2) is 9.84 Å². The second kappa shape index (κ2) is 7.00. The fraction of sp³-hybridized carbons (Fsp3) is 0.400. The molecule has 1 fully saturated rings. The van der Waals surface area contributed by atoms with Crippen LogP contribution in [0.2, 0.25) is 0 Å². The molecule has 8 heteroatoms. The number of aromatic nitrogens is 2. The van der Waals surface area contributed by atoms with Gasteiger partial charge in [0.25, 0.3) is 5.91 Å². The Bertz CT molecular complexity index is 1150. The molecule has 148 valence electrons. The zero-order valence-corrected chi connectivity index (χ0v) is 17.8. The first-order chi connectivity index (χ1) is 13.3. The van der Waals surface area contributed by atoms with Crippen molar-refractivity contribution in [2.45, 2.75) is 33.2 Å². The summed E-state index contributed by atoms with van der Waals surface area (Å²) in [4.78, 5) is 21.4. The summed E-state index contributed by atoms with van der Waals surface area (Å²) in [6.07, 6.45) is 4.35. The number of nitrogens with zero attached hydrogens (tertiary/aromatic N) is 3. The van der Waals surface area contributed by atoms with Gasteiger partial charge in [-0.2, -0.15) is 0 Å². The summed E-state index contributed by atoms with van der Waals surface area (Å²) in [6.45, 7) is 6.36. The van der Waals surface area contributed by atoms with Gasteiger partial charge in [0.1, 0.15) is 9.71 Å². The Balaban J connectivity index is 1.87. The summed E-state index contributed by atoms with van der Waals surface area (Å²) in [6, 6.07) is 5.62. The number of rotatable bonds is 4. The van der Waals surface area contributed by atoms with Crippen LogP contribution in [-0.4, -0.2) is 52.9 Å². The second-order valence-corrected chi connectivity index (χ2v) is 10.5. The Kier molecular flexibility index (Phi) is 4.79. The van der Waals surface area contributed by atoms with Gasteiger partial charge in [0.05, 0.1) is 17.2 Å². The highest BCUT2D eigenvalue weighted by atomic mass is 32.2. The molecule has 4 heterocycles. The first kappa shape index (κ1) is 19.1. The van der Waals surface area contributed by atoms with Crippen LogP contribution in [0.15, 0.2) is 30.6 Å². The zero-order valence-electron chi connectivity index (χ0n) is 16.2. The molecule has 1 saturated heterocycles. The molecule has 0 aliphatic carbocycles. The summed E-state index contributed by atoms with van der Waals surface area (Å²) in [5.41, 5.74) is 2.82. The number of thiophene rings is 1. The minimum absolute atomic E-state index is 0.0483. The molecule has 0 radical (unpaired) electrons. The molecule has 1 aliphatic heterocycles. The molecule has 1 amide bonds. The Labute approximate surface area is 168 Å². The Morgan fingerprint density at radius 1 is 1.32 bits per heavy atom. The number of hydrogen-bond acceptors (Lipinski definition) is 5. The van der Waals surface area contributed by atoms with Gasteiger partial charge in [-0.15, -0.1) is 11.3 Å². The van der Waals surface area contributed by atoms with Crippen LogP contribution < -0.4 is 0 Å². The summed E-state index contributed by atoms with van der Waals surface area (Å²) >= 11 is 1.39. The normalized spacial score (nSPS) is 18.6. The van der Waals surface area contributed by atoms with Crippen molar-refractivity contribution in [3.8, 4) is 5.69 Å². The average Bonchev–Trinajstić information content (AvgIpc) is 3.33. The third-order valence-electron chi connectivity index (χ3n) is 5.27. The highest BCUT2D eigenvalue weighted by molar-refractivity contribution is 7.91. The van der Waals surface area contributed by atoms with Crippen molar-refractivity contribution in [1.29, 1.82) is 0 Å². The minimum atomic E-state index is -3.06. The number of carbonyl (C=O) groups is 1. The molecule has 4 rings (SSSR count). The zero-order chi connectivity index (χ0) is 20.1. The van der Waals surface area contributed by atoms with Crippen molar-refractivity contribution in [3.63, 3.8) is 0 Å². The van der Waals surface area contributed by atoms with Crippen LogP contribution in [0.4, 0.5) is 0 Å². The Hall–Kier alpha value is -2.19. The van der Waals surface area contributed by atoms with Crippen LogP contribution >= 0.6 is 11.3 Å². The number of fused-ring (bicyclic) bond motifs is 1.